The van der Waals surface area contributed by atoms with Crippen molar-refractivity contribution in [2.75, 3.05) is 33.0 Å². The predicted octanol–water partition coefficient (Wildman–Crippen LogP) is 12.6. The number of unbranched alkanes of at least 4 members (excludes halogenated alkanes) is 26. The maximum Gasteiger partial charge on any atom is 0.472 e. The molecule has 0 bridgehead atoms. The van der Waals surface area contributed by atoms with Gasteiger partial charge in [-0.2, -0.15) is 0 Å². The monoisotopic (exact) mass is 803 g/mol. The molecular weight excluding hydrogens is 715 g/mol. The average molecular weight is 803 g/mol. The summed E-state index contributed by atoms with van der Waals surface area (Å²) in [7, 11) is -4.52. The molecule has 0 saturated heterocycles. The summed E-state index contributed by atoms with van der Waals surface area (Å²) in [6.07, 6.45) is 44.3. The molecule has 0 aliphatic heterocycles. The van der Waals surface area contributed by atoms with Crippen LogP contribution in [0.15, 0.2) is 24.3 Å². The van der Waals surface area contributed by atoms with Crippen LogP contribution >= 0.6 is 7.82 Å². The van der Waals surface area contributed by atoms with Crippen molar-refractivity contribution in [3.63, 3.8) is 0 Å². The van der Waals surface area contributed by atoms with Crippen LogP contribution in [0.1, 0.15) is 213 Å². The van der Waals surface area contributed by atoms with Crippen molar-refractivity contribution < 1.29 is 43.0 Å². The highest BCUT2D eigenvalue weighted by molar-refractivity contribution is 7.47. The normalized spacial score (nSPS) is 14.2. The highest BCUT2D eigenvalue weighted by atomic mass is 31.2. The fourth-order valence-corrected chi connectivity index (χ4v) is 7.13. The van der Waals surface area contributed by atoms with Gasteiger partial charge in [-0.05, 0) is 64.2 Å². The summed E-state index contributed by atoms with van der Waals surface area (Å²) in [4.78, 5) is 22.5. The summed E-state index contributed by atoms with van der Waals surface area (Å²) >= 11 is 0. The van der Waals surface area contributed by atoms with E-state index < -0.39 is 39.2 Å². The molecule has 0 aromatic carbocycles. The van der Waals surface area contributed by atoms with Gasteiger partial charge in [-0.25, -0.2) is 4.57 Å². The molecule has 326 valence electrons. The molecule has 0 aromatic heterocycles. The van der Waals surface area contributed by atoms with Gasteiger partial charge >= 0.3 is 13.8 Å². The molecule has 0 fully saturated rings. The predicted molar refractivity (Wildman–Crippen MR) is 228 cm³/mol. The van der Waals surface area contributed by atoms with E-state index in [0.717, 1.165) is 57.8 Å². The van der Waals surface area contributed by atoms with E-state index >= 15 is 0 Å². The Bertz CT molecular complexity index is 913. The Morgan fingerprint density at radius 2 is 0.927 bits per heavy atom. The van der Waals surface area contributed by atoms with Crippen LogP contribution in [0.25, 0.3) is 0 Å². The lowest BCUT2D eigenvalue weighted by molar-refractivity contribution is -0.154. The van der Waals surface area contributed by atoms with Gasteiger partial charge in [0.05, 0.1) is 26.4 Å². The van der Waals surface area contributed by atoms with E-state index in [9.17, 15) is 19.4 Å². The number of allylic oxidation sites excluding steroid dienone is 4. The fraction of sp³-hybridized carbons (Fsp3) is 0.889. The summed E-state index contributed by atoms with van der Waals surface area (Å²) in [5, 5.41) is 18.3. The van der Waals surface area contributed by atoms with Crippen LogP contribution in [0.4, 0.5) is 0 Å². The van der Waals surface area contributed by atoms with Crippen molar-refractivity contribution >= 4 is 13.8 Å². The Kier molecular flexibility index (Phi) is 41.7. The summed E-state index contributed by atoms with van der Waals surface area (Å²) in [6, 6.07) is 0. The molecule has 3 atom stereocenters. The summed E-state index contributed by atoms with van der Waals surface area (Å²) in [6.45, 7) is 3.50. The van der Waals surface area contributed by atoms with Crippen molar-refractivity contribution in [3.8, 4) is 0 Å². The van der Waals surface area contributed by atoms with Crippen LogP contribution in [-0.2, 0) is 27.9 Å². The van der Waals surface area contributed by atoms with Crippen molar-refractivity contribution in [1.82, 2.24) is 0 Å². The first-order valence-electron chi connectivity index (χ1n) is 22.8. The number of carbonyl (C=O) groups excluding carboxylic acids is 1. The van der Waals surface area contributed by atoms with Crippen molar-refractivity contribution in [3.05, 3.63) is 24.3 Å². The van der Waals surface area contributed by atoms with Crippen LogP contribution in [0.2, 0.25) is 0 Å². The molecule has 0 heterocycles. The Balaban J connectivity index is 4.06. The standard InChI is InChI=1S/C45H87O9P/c1-3-5-7-9-11-13-15-17-18-19-20-21-22-23-24-25-26-28-30-32-34-36-38-51-41-44(42-53-55(49,50)52-40-43(47)39-46)54-45(48)37-35-33-31-29-27-16-14-12-10-8-6-4-2/h12,14,19-20,43-44,46-47H,3-11,13,15-18,21-42H2,1-2H3,(H,49,50)/b14-12-,20-19-. The van der Waals surface area contributed by atoms with Crippen molar-refractivity contribution in [1.29, 1.82) is 0 Å². The first-order valence-corrected chi connectivity index (χ1v) is 24.3. The topological polar surface area (TPSA) is 132 Å². The van der Waals surface area contributed by atoms with Gasteiger partial charge in [0.1, 0.15) is 12.2 Å². The lowest BCUT2D eigenvalue weighted by Gasteiger charge is -2.20. The van der Waals surface area contributed by atoms with Gasteiger partial charge in [-0.3, -0.25) is 13.8 Å². The molecule has 0 radical (unpaired) electrons. The number of carbonyl (C=O) groups is 1. The highest BCUT2D eigenvalue weighted by Crippen LogP contribution is 2.43. The van der Waals surface area contributed by atoms with E-state index in [4.69, 9.17) is 23.6 Å². The van der Waals surface area contributed by atoms with Gasteiger partial charge in [0.15, 0.2) is 0 Å². The van der Waals surface area contributed by atoms with Gasteiger partial charge in [0.25, 0.3) is 0 Å². The number of aliphatic hydroxyl groups is 2. The summed E-state index contributed by atoms with van der Waals surface area (Å²) in [5.74, 6) is -0.391. The van der Waals surface area contributed by atoms with E-state index in [1.807, 2.05) is 0 Å². The number of esters is 1. The molecular formula is C45H87O9P. The van der Waals surface area contributed by atoms with E-state index in [1.54, 1.807) is 0 Å². The Labute approximate surface area is 338 Å². The molecule has 0 aromatic rings. The van der Waals surface area contributed by atoms with E-state index in [-0.39, 0.29) is 19.6 Å². The van der Waals surface area contributed by atoms with Gasteiger partial charge in [0.2, 0.25) is 0 Å². The fourth-order valence-electron chi connectivity index (χ4n) is 6.35. The number of hydrogen-bond donors (Lipinski definition) is 3. The number of aliphatic hydroxyl groups excluding tert-OH is 2. The molecule has 0 spiro atoms. The van der Waals surface area contributed by atoms with Crippen LogP contribution in [0, 0.1) is 0 Å². The minimum atomic E-state index is -4.52. The quantitative estimate of drug-likeness (QED) is 0.0238. The third-order valence-electron chi connectivity index (χ3n) is 9.86. The highest BCUT2D eigenvalue weighted by Gasteiger charge is 2.26. The molecule has 0 amide bonds. The molecule has 0 aliphatic carbocycles. The summed E-state index contributed by atoms with van der Waals surface area (Å²) < 4.78 is 33.4. The average Bonchev–Trinajstić information content (AvgIpc) is 3.18. The van der Waals surface area contributed by atoms with Crippen molar-refractivity contribution in [2.45, 2.75) is 225 Å². The maximum absolute atomic E-state index is 12.6. The second kappa shape index (κ2) is 42.5. The lowest BCUT2D eigenvalue weighted by atomic mass is 10.1. The Morgan fingerprint density at radius 1 is 0.545 bits per heavy atom. The van der Waals surface area contributed by atoms with Crippen LogP contribution in [-0.4, -0.2) is 66.3 Å². The second-order valence-electron chi connectivity index (χ2n) is 15.4. The minimum absolute atomic E-state index is 0.0476. The zero-order chi connectivity index (χ0) is 40.3. The molecule has 3 unspecified atom stereocenters. The Hall–Kier alpha value is -1.06. The van der Waals surface area contributed by atoms with Gasteiger partial charge in [-0.15, -0.1) is 0 Å². The molecule has 10 heteroatoms. The smallest absolute Gasteiger partial charge is 0.457 e. The third-order valence-corrected chi connectivity index (χ3v) is 10.8. The number of rotatable bonds is 44. The molecule has 9 nitrogen and oxygen atoms in total. The first kappa shape index (κ1) is 53.9. The number of ether oxygens (including phenoxy) is 2. The third kappa shape index (κ3) is 42.4. The minimum Gasteiger partial charge on any atom is -0.457 e. The maximum atomic E-state index is 12.6. The molecule has 55 heavy (non-hydrogen) atoms. The van der Waals surface area contributed by atoms with Crippen LogP contribution < -0.4 is 0 Å². The zero-order valence-electron chi connectivity index (χ0n) is 35.7. The zero-order valence-corrected chi connectivity index (χ0v) is 36.6. The van der Waals surface area contributed by atoms with E-state index in [1.165, 1.54) is 135 Å². The molecule has 0 saturated carbocycles. The first-order chi connectivity index (χ1) is 26.8. The largest absolute Gasteiger partial charge is 0.472 e. The summed E-state index contributed by atoms with van der Waals surface area (Å²) in [5.41, 5.74) is 0. The van der Waals surface area contributed by atoms with Gasteiger partial charge < -0.3 is 24.6 Å². The van der Waals surface area contributed by atoms with Crippen LogP contribution in [0.3, 0.4) is 0 Å². The SMILES string of the molecule is CCCCC/C=C\CCCCCCCC(=O)OC(COCCCCCCCCCCCC/C=C\CCCCCCCCCC)COP(=O)(O)OCC(O)CO. The molecule has 0 aliphatic rings. The van der Waals surface area contributed by atoms with Gasteiger partial charge in [-0.1, -0.05) is 167 Å². The van der Waals surface area contributed by atoms with E-state index in [2.05, 4.69) is 38.2 Å². The molecule has 3 N–H and O–H groups in total. The number of phosphoric ester groups is 1. The van der Waals surface area contributed by atoms with Gasteiger partial charge in [0, 0.05) is 13.0 Å². The second-order valence-corrected chi connectivity index (χ2v) is 16.9. The van der Waals surface area contributed by atoms with E-state index in [0.29, 0.717) is 6.61 Å². The van der Waals surface area contributed by atoms with Crippen molar-refractivity contribution in [2.24, 2.45) is 0 Å². The lowest BCUT2D eigenvalue weighted by Crippen LogP contribution is -2.29. The molecule has 0 rings (SSSR count). The number of hydrogen-bond acceptors (Lipinski definition) is 8. The number of phosphoric acid groups is 1. The van der Waals surface area contributed by atoms with Crippen LogP contribution in [0.5, 0.6) is 0 Å². The Morgan fingerprint density at radius 3 is 1.40 bits per heavy atom.